The number of methoxy groups -OCH3 is 1. The van der Waals surface area contributed by atoms with Crippen molar-refractivity contribution in [1.29, 1.82) is 0 Å². The van der Waals surface area contributed by atoms with Crippen molar-refractivity contribution >= 4 is 34.3 Å². The minimum atomic E-state index is -0.894. The number of aryl methyl sites for hydroxylation is 1. The molecule has 0 unspecified atom stereocenters. The van der Waals surface area contributed by atoms with E-state index >= 15 is 0 Å². The van der Waals surface area contributed by atoms with Gasteiger partial charge in [0.2, 0.25) is 11.0 Å². The molecule has 4 amide bonds. The number of ether oxygens (including phenoxy) is 1. The van der Waals surface area contributed by atoms with Crippen LogP contribution in [0.1, 0.15) is 17.0 Å². The molecule has 1 atom stereocenters. The summed E-state index contributed by atoms with van der Waals surface area (Å²) in [7, 11) is 1.56. The number of imide groups is 1. The fourth-order valence-corrected chi connectivity index (χ4v) is 3.09. The van der Waals surface area contributed by atoms with E-state index in [1.54, 1.807) is 38.3 Å². The van der Waals surface area contributed by atoms with Gasteiger partial charge in [0.1, 0.15) is 16.8 Å². The van der Waals surface area contributed by atoms with Gasteiger partial charge in [-0.3, -0.25) is 14.5 Å². The van der Waals surface area contributed by atoms with Gasteiger partial charge in [-0.15, -0.1) is 10.2 Å². The quantitative estimate of drug-likeness (QED) is 0.736. The summed E-state index contributed by atoms with van der Waals surface area (Å²) in [5.74, 6) is -0.159. The highest BCUT2D eigenvalue weighted by atomic mass is 32.1. The van der Waals surface area contributed by atoms with E-state index in [0.717, 1.165) is 15.5 Å². The van der Waals surface area contributed by atoms with E-state index in [0.29, 0.717) is 10.9 Å². The van der Waals surface area contributed by atoms with Crippen molar-refractivity contribution in [2.24, 2.45) is 0 Å². The number of anilines is 1. The molecule has 9 nitrogen and oxygen atoms in total. The first-order valence-corrected chi connectivity index (χ1v) is 8.62. The first-order valence-electron chi connectivity index (χ1n) is 7.81. The summed E-state index contributed by atoms with van der Waals surface area (Å²) in [5, 5.41) is 13.8. The molecule has 136 valence electrons. The first kappa shape index (κ1) is 17.8. The topological polar surface area (TPSA) is 114 Å². The molecule has 1 aromatic heterocycles. The van der Waals surface area contributed by atoms with Crippen molar-refractivity contribution in [2.75, 3.05) is 12.4 Å². The average molecular weight is 375 g/mol. The second-order valence-corrected chi connectivity index (χ2v) is 6.83. The Bertz CT molecular complexity index is 835. The molecule has 1 fully saturated rings. The molecule has 0 saturated carbocycles. The first-order chi connectivity index (χ1) is 12.5. The highest BCUT2D eigenvalue weighted by Crippen LogP contribution is 2.18. The van der Waals surface area contributed by atoms with Crippen molar-refractivity contribution in [3.8, 4) is 5.75 Å². The van der Waals surface area contributed by atoms with E-state index in [1.165, 1.54) is 11.3 Å². The Morgan fingerprint density at radius 2 is 2.04 bits per heavy atom. The standard InChI is InChI=1S/C16H17N5O4S/c1-9-19-20-15(26-9)18-13(22)7-12-14(23)21(16(24)17-12)8-10-3-5-11(25-2)6-4-10/h3-6,12H,7-8H2,1-2H3,(H,17,24)(H,18,20,22)/t12-/m1/s1. The van der Waals surface area contributed by atoms with Crippen LogP contribution in [-0.4, -0.2) is 46.1 Å². The van der Waals surface area contributed by atoms with Crippen LogP contribution in [0.5, 0.6) is 5.75 Å². The lowest BCUT2D eigenvalue weighted by atomic mass is 10.1. The van der Waals surface area contributed by atoms with Gasteiger partial charge in [0.05, 0.1) is 20.1 Å². The Hall–Kier alpha value is -3.01. The van der Waals surface area contributed by atoms with Crippen LogP contribution in [0.4, 0.5) is 9.93 Å². The lowest BCUT2D eigenvalue weighted by Gasteiger charge is -2.13. The minimum Gasteiger partial charge on any atom is -0.497 e. The van der Waals surface area contributed by atoms with Gasteiger partial charge in [-0.1, -0.05) is 23.5 Å². The lowest BCUT2D eigenvalue weighted by molar-refractivity contribution is -0.130. The maximum Gasteiger partial charge on any atom is 0.325 e. The molecular weight excluding hydrogens is 358 g/mol. The second-order valence-electron chi connectivity index (χ2n) is 5.65. The minimum absolute atomic E-state index is 0.127. The van der Waals surface area contributed by atoms with Crippen LogP contribution in [0, 0.1) is 6.92 Å². The van der Waals surface area contributed by atoms with E-state index in [-0.39, 0.29) is 13.0 Å². The largest absolute Gasteiger partial charge is 0.497 e. The number of nitrogens with zero attached hydrogens (tertiary/aromatic N) is 3. The van der Waals surface area contributed by atoms with Crippen molar-refractivity contribution in [2.45, 2.75) is 25.9 Å². The van der Waals surface area contributed by atoms with Crippen LogP contribution in [-0.2, 0) is 16.1 Å². The Balaban J connectivity index is 1.59. The molecule has 3 rings (SSSR count). The van der Waals surface area contributed by atoms with Gasteiger partial charge < -0.3 is 15.4 Å². The van der Waals surface area contributed by atoms with Crippen molar-refractivity contribution in [3.63, 3.8) is 0 Å². The number of rotatable bonds is 6. The SMILES string of the molecule is COc1ccc(CN2C(=O)N[C@H](CC(=O)Nc3nnc(C)s3)C2=O)cc1. The predicted molar refractivity (Wildman–Crippen MR) is 93.8 cm³/mol. The number of nitrogens with one attached hydrogen (secondary N) is 2. The van der Waals surface area contributed by atoms with E-state index < -0.39 is 23.9 Å². The zero-order valence-corrected chi connectivity index (χ0v) is 15.0. The number of urea groups is 1. The summed E-state index contributed by atoms with van der Waals surface area (Å²) in [5.41, 5.74) is 0.781. The second kappa shape index (κ2) is 7.48. The maximum atomic E-state index is 12.4. The van der Waals surface area contributed by atoms with Crippen molar-refractivity contribution in [1.82, 2.24) is 20.4 Å². The molecule has 2 N–H and O–H groups in total. The average Bonchev–Trinajstić information content (AvgIpc) is 3.13. The number of carbonyl (C=O) groups is 3. The summed E-state index contributed by atoms with van der Waals surface area (Å²) in [6.07, 6.45) is -0.164. The van der Waals surface area contributed by atoms with E-state index in [1.807, 2.05) is 0 Å². The molecule has 10 heteroatoms. The smallest absolute Gasteiger partial charge is 0.325 e. The van der Waals surface area contributed by atoms with Gasteiger partial charge in [0.25, 0.3) is 5.91 Å². The van der Waals surface area contributed by atoms with Gasteiger partial charge in [-0.2, -0.15) is 0 Å². The Labute approximate surface area is 153 Å². The Kier molecular flexibility index (Phi) is 5.12. The summed E-state index contributed by atoms with van der Waals surface area (Å²) in [6, 6.07) is 5.64. The molecule has 0 radical (unpaired) electrons. The zero-order valence-electron chi connectivity index (χ0n) is 14.2. The van der Waals surface area contributed by atoms with Crippen LogP contribution in [0.15, 0.2) is 24.3 Å². The molecular formula is C16H17N5O4S. The molecule has 0 aliphatic carbocycles. The van der Waals surface area contributed by atoms with Crippen molar-refractivity contribution < 1.29 is 19.1 Å². The molecule has 0 spiro atoms. The maximum absolute atomic E-state index is 12.4. The lowest BCUT2D eigenvalue weighted by Crippen LogP contribution is -2.34. The summed E-state index contributed by atoms with van der Waals surface area (Å²) >= 11 is 1.23. The number of benzene rings is 1. The predicted octanol–water partition coefficient (Wildman–Crippen LogP) is 1.30. The van der Waals surface area contributed by atoms with Crippen LogP contribution in [0.2, 0.25) is 0 Å². The Morgan fingerprint density at radius 3 is 2.65 bits per heavy atom. The fourth-order valence-electron chi connectivity index (χ4n) is 2.48. The van der Waals surface area contributed by atoms with E-state index in [9.17, 15) is 14.4 Å². The molecule has 1 saturated heterocycles. The van der Waals surface area contributed by atoms with Crippen LogP contribution in [0.25, 0.3) is 0 Å². The fraction of sp³-hybridized carbons (Fsp3) is 0.312. The number of amides is 4. The summed E-state index contributed by atoms with van der Waals surface area (Å²) in [6.45, 7) is 1.90. The monoisotopic (exact) mass is 375 g/mol. The van der Waals surface area contributed by atoms with Gasteiger partial charge in [-0.25, -0.2) is 4.79 Å². The number of hydrogen-bond acceptors (Lipinski definition) is 7. The third-order valence-electron chi connectivity index (χ3n) is 3.77. The molecule has 2 heterocycles. The van der Waals surface area contributed by atoms with E-state index in [2.05, 4.69) is 20.8 Å². The van der Waals surface area contributed by atoms with Crippen molar-refractivity contribution in [3.05, 3.63) is 34.8 Å². The van der Waals surface area contributed by atoms with Crippen LogP contribution >= 0.6 is 11.3 Å². The summed E-state index contributed by atoms with van der Waals surface area (Å²) in [4.78, 5) is 37.7. The summed E-state index contributed by atoms with van der Waals surface area (Å²) < 4.78 is 5.08. The van der Waals surface area contributed by atoms with Crippen LogP contribution < -0.4 is 15.4 Å². The number of carbonyl (C=O) groups excluding carboxylic acids is 3. The highest BCUT2D eigenvalue weighted by Gasteiger charge is 2.39. The number of aromatic nitrogens is 2. The molecule has 26 heavy (non-hydrogen) atoms. The van der Waals surface area contributed by atoms with Gasteiger partial charge in [0, 0.05) is 0 Å². The number of hydrogen-bond donors (Lipinski definition) is 2. The third kappa shape index (κ3) is 3.97. The zero-order chi connectivity index (χ0) is 18.7. The van der Waals surface area contributed by atoms with Crippen LogP contribution in [0.3, 0.4) is 0 Å². The molecule has 0 bridgehead atoms. The molecule has 1 aliphatic heterocycles. The van der Waals surface area contributed by atoms with Gasteiger partial charge in [-0.05, 0) is 24.6 Å². The van der Waals surface area contributed by atoms with Gasteiger partial charge >= 0.3 is 6.03 Å². The molecule has 2 aromatic rings. The van der Waals surface area contributed by atoms with E-state index in [4.69, 9.17) is 4.74 Å². The third-order valence-corrected chi connectivity index (χ3v) is 4.52. The molecule has 1 aromatic carbocycles. The highest BCUT2D eigenvalue weighted by molar-refractivity contribution is 7.15. The van der Waals surface area contributed by atoms with Gasteiger partial charge in [0.15, 0.2) is 0 Å². The normalized spacial score (nSPS) is 16.5. The Morgan fingerprint density at radius 1 is 1.31 bits per heavy atom. The molecule has 1 aliphatic rings.